The highest BCUT2D eigenvalue weighted by molar-refractivity contribution is 5.71. The van der Waals surface area contributed by atoms with Crippen molar-refractivity contribution in [3.8, 4) is 5.75 Å². The van der Waals surface area contributed by atoms with Crippen LogP contribution in [0.4, 0.5) is 5.69 Å². The fraction of sp³-hybridized carbons (Fsp3) is 0.417. The number of nitrogens with two attached hydrogens (primary N) is 1. The van der Waals surface area contributed by atoms with Crippen LogP contribution >= 0.6 is 0 Å². The maximum atomic E-state index is 11.2. The summed E-state index contributed by atoms with van der Waals surface area (Å²) in [7, 11) is 0. The highest BCUT2D eigenvalue weighted by atomic mass is 16.6. The Kier molecular flexibility index (Phi) is 4.17. The summed E-state index contributed by atoms with van der Waals surface area (Å²) in [5.74, 6) is 0.234. The van der Waals surface area contributed by atoms with Crippen molar-refractivity contribution in [2.24, 2.45) is 0 Å². The molecule has 1 rings (SSSR count). The van der Waals surface area contributed by atoms with Gasteiger partial charge in [-0.3, -0.25) is 0 Å². The van der Waals surface area contributed by atoms with Crippen molar-refractivity contribution in [3.05, 3.63) is 23.8 Å². The quantitative estimate of drug-likeness (QED) is 0.625. The topological polar surface area (TPSA) is 61.5 Å². The lowest BCUT2D eigenvalue weighted by molar-refractivity contribution is -0.149. The zero-order valence-electron chi connectivity index (χ0n) is 9.82. The summed E-state index contributed by atoms with van der Waals surface area (Å²) in [5, 5.41) is 0. The molecule has 88 valence electrons. The van der Waals surface area contributed by atoms with E-state index in [1.165, 1.54) is 0 Å². The van der Waals surface area contributed by atoms with Crippen LogP contribution in [0.25, 0.3) is 0 Å². The van der Waals surface area contributed by atoms with Gasteiger partial charge in [0.25, 0.3) is 0 Å². The van der Waals surface area contributed by atoms with Gasteiger partial charge < -0.3 is 15.2 Å². The monoisotopic (exact) mass is 223 g/mol. The summed E-state index contributed by atoms with van der Waals surface area (Å²) >= 11 is 0. The third kappa shape index (κ3) is 3.46. The molecule has 1 aromatic rings. The van der Waals surface area contributed by atoms with Crippen LogP contribution in [0.15, 0.2) is 18.2 Å². The van der Waals surface area contributed by atoms with Gasteiger partial charge in [-0.1, -0.05) is 6.07 Å². The second-order valence-electron chi connectivity index (χ2n) is 3.80. The number of anilines is 1. The van der Waals surface area contributed by atoms with Crippen molar-refractivity contribution in [2.75, 3.05) is 12.3 Å². The molecule has 16 heavy (non-hydrogen) atoms. The van der Waals surface area contributed by atoms with Gasteiger partial charge >= 0.3 is 5.97 Å². The molecular weight excluding hydrogens is 206 g/mol. The lowest BCUT2D eigenvalue weighted by Crippen LogP contribution is -2.19. The van der Waals surface area contributed by atoms with Gasteiger partial charge in [-0.2, -0.15) is 0 Å². The first-order chi connectivity index (χ1) is 7.50. The fourth-order valence-corrected chi connectivity index (χ4v) is 1.22. The SMILES string of the molecule is Cc1c(N)cccc1OCC(=O)OC(C)C. The molecule has 0 aliphatic carbocycles. The maximum Gasteiger partial charge on any atom is 0.344 e. The first-order valence-electron chi connectivity index (χ1n) is 5.18. The van der Waals surface area contributed by atoms with E-state index in [1.807, 2.05) is 6.92 Å². The zero-order valence-corrected chi connectivity index (χ0v) is 9.82. The van der Waals surface area contributed by atoms with Crippen LogP contribution in [0, 0.1) is 6.92 Å². The Hall–Kier alpha value is -1.71. The molecule has 0 unspecified atom stereocenters. The van der Waals surface area contributed by atoms with Crippen molar-refractivity contribution in [2.45, 2.75) is 26.9 Å². The van der Waals surface area contributed by atoms with Gasteiger partial charge in [0.2, 0.25) is 0 Å². The van der Waals surface area contributed by atoms with E-state index in [-0.39, 0.29) is 18.7 Å². The molecule has 0 heterocycles. The lowest BCUT2D eigenvalue weighted by atomic mass is 10.2. The number of benzene rings is 1. The number of hydrogen-bond donors (Lipinski definition) is 1. The number of nitrogen functional groups attached to an aromatic ring is 1. The Bertz CT molecular complexity index is 375. The van der Waals surface area contributed by atoms with E-state index in [1.54, 1.807) is 32.0 Å². The van der Waals surface area contributed by atoms with Crippen molar-refractivity contribution in [1.29, 1.82) is 0 Å². The number of ether oxygens (including phenoxy) is 2. The molecule has 0 atom stereocenters. The van der Waals surface area contributed by atoms with Gasteiger partial charge in [0.15, 0.2) is 6.61 Å². The molecule has 0 aliphatic rings. The molecule has 0 bridgehead atoms. The zero-order chi connectivity index (χ0) is 12.1. The summed E-state index contributed by atoms with van der Waals surface area (Å²) in [6.45, 7) is 5.34. The second-order valence-corrected chi connectivity index (χ2v) is 3.80. The average Bonchev–Trinajstić information content (AvgIpc) is 2.19. The highest BCUT2D eigenvalue weighted by Gasteiger charge is 2.08. The standard InChI is InChI=1S/C12H17NO3/c1-8(2)16-12(14)7-15-11-6-4-5-10(13)9(11)3/h4-6,8H,7,13H2,1-3H3. The fourth-order valence-electron chi connectivity index (χ4n) is 1.22. The Balaban J connectivity index is 2.55. The molecule has 0 amide bonds. The third-order valence-electron chi connectivity index (χ3n) is 2.04. The number of rotatable bonds is 4. The average molecular weight is 223 g/mol. The summed E-state index contributed by atoms with van der Waals surface area (Å²) in [4.78, 5) is 11.2. The predicted molar refractivity (Wildman–Crippen MR) is 62.3 cm³/mol. The summed E-state index contributed by atoms with van der Waals surface area (Å²) in [6.07, 6.45) is -0.127. The van der Waals surface area contributed by atoms with E-state index in [2.05, 4.69) is 0 Å². The van der Waals surface area contributed by atoms with Crippen LogP contribution in [0.5, 0.6) is 5.75 Å². The van der Waals surface area contributed by atoms with Crippen LogP contribution < -0.4 is 10.5 Å². The first-order valence-corrected chi connectivity index (χ1v) is 5.18. The third-order valence-corrected chi connectivity index (χ3v) is 2.04. The molecule has 0 aromatic heterocycles. The molecule has 4 nitrogen and oxygen atoms in total. The molecular formula is C12H17NO3. The van der Waals surface area contributed by atoms with Crippen molar-refractivity contribution >= 4 is 11.7 Å². The van der Waals surface area contributed by atoms with Crippen LogP contribution in [0.2, 0.25) is 0 Å². The molecule has 0 saturated carbocycles. The van der Waals surface area contributed by atoms with Gasteiger partial charge in [-0.25, -0.2) is 4.79 Å². The van der Waals surface area contributed by atoms with Crippen LogP contribution in [-0.4, -0.2) is 18.7 Å². The van der Waals surface area contributed by atoms with Gasteiger partial charge in [-0.05, 0) is 32.9 Å². The molecule has 0 fully saturated rings. The van der Waals surface area contributed by atoms with Crippen molar-refractivity contribution in [1.82, 2.24) is 0 Å². The first kappa shape index (κ1) is 12.4. The van der Waals surface area contributed by atoms with Crippen LogP contribution in [0.3, 0.4) is 0 Å². The van der Waals surface area contributed by atoms with Gasteiger partial charge in [0.05, 0.1) is 6.10 Å². The Morgan fingerprint density at radius 2 is 2.12 bits per heavy atom. The van der Waals surface area contributed by atoms with Crippen molar-refractivity contribution in [3.63, 3.8) is 0 Å². The molecule has 0 aliphatic heterocycles. The van der Waals surface area contributed by atoms with E-state index in [0.717, 1.165) is 5.56 Å². The molecule has 0 radical (unpaired) electrons. The van der Waals surface area contributed by atoms with E-state index < -0.39 is 0 Å². The second kappa shape index (κ2) is 5.39. The minimum Gasteiger partial charge on any atom is -0.482 e. The molecule has 0 spiro atoms. The number of carbonyl (C=O) groups is 1. The van der Waals surface area contributed by atoms with Crippen LogP contribution in [-0.2, 0) is 9.53 Å². The van der Waals surface area contributed by atoms with Gasteiger partial charge in [-0.15, -0.1) is 0 Å². The Morgan fingerprint density at radius 1 is 1.44 bits per heavy atom. The summed E-state index contributed by atoms with van der Waals surface area (Å²) in [5.41, 5.74) is 7.19. The van der Waals surface area contributed by atoms with E-state index in [9.17, 15) is 4.79 Å². The van der Waals surface area contributed by atoms with Crippen molar-refractivity contribution < 1.29 is 14.3 Å². The maximum absolute atomic E-state index is 11.2. The van der Waals surface area contributed by atoms with Crippen LogP contribution in [0.1, 0.15) is 19.4 Å². The lowest BCUT2D eigenvalue weighted by Gasteiger charge is -2.11. The Labute approximate surface area is 95.3 Å². The smallest absolute Gasteiger partial charge is 0.344 e. The molecule has 4 heteroatoms. The minimum atomic E-state index is -0.378. The normalized spacial score (nSPS) is 10.2. The predicted octanol–water partition coefficient (Wildman–Crippen LogP) is 1.91. The summed E-state index contributed by atoms with van der Waals surface area (Å²) < 4.78 is 10.3. The van der Waals surface area contributed by atoms with E-state index in [0.29, 0.717) is 11.4 Å². The Morgan fingerprint density at radius 3 is 2.75 bits per heavy atom. The number of hydrogen-bond acceptors (Lipinski definition) is 4. The highest BCUT2D eigenvalue weighted by Crippen LogP contribution is 2.22. The molecule has 0 saturated heterocycles. The van der Waals surface area contributed by atoms with E-state index >= 15 is 0 Å². The largest absolute Gasteiger partial charge is 0.482 e. The van der Waals surface area contributed by atoms with E-state index in [4.69, 9.17) is 15.2 Å². The number of carbonyl (C=O) groups excluding carboxylic acids is 1. The minimum absolute atomic E-state index is 0.0948. The molecule has 1 aromatic carbocycles. The summed E-state index contributed by atoms with van der Waals surface area (Å²) in [6, 6.07) is 5.34. The van der Waals surface area contributed by atoms with Gasteiger partial charge in [0.1, 0.15) is 5.75 Å². The molecule has 2 N–H and O–H groups in total. The van der Waals surface area contributed by atoms with Gasteiger partial charge in [0, 0.05) is 11.3 Å². The number of esters is 1.